The standard InChI is InChI=1S/C20H16F3N3/c1-26-10-9-15(13-5-3-2-4-6-13)16-11-14(7-8-18(16)26)17-12-24-25-19(17)20(21,22)23/h2-9,11-12H,10H2,1H3,(H,24,25). The molecule has 1 aromatic heterocycles. The smallest absolute Gasteiger partial charge is 0.370 e. The summed E-state index contributed by atoms with van der Waals surface area (Å²) in [5.41, 5.74) is 3.69. The van der Waals surface area contributed by atoms with E-state index in [0.29, 0.717) is 5.56 Å². The molecule has 0 fully saturated rings. The molecule has 0 radical (unpaired) electrons. The molecule has 1 aliphatic rings. The quantitative estimate of drug-likeness (QED) is 0.703. The van der Waals surface area contributed by atoms with E-state index in [-0.39, 0.29) is 5.56 Å². The average molecular weight is 355 g/mol. The van der Waals surface area contributed by atoms with E-state index < -0.39 is 11.9 Å². The number of nitrogens with one attached hydrogen (secondary N) is 1. The number of H-pyrrole nitrogens is 1. The summed E-state index contributed by atoms with van der Waals surface area (Å²) in [7, 11) is 1.97. The summed E-state index contributed by atoms with van der Waals surface area (Å²) in [6.07, 6.45) is -1.15. The zero-order valence-corrected chi connectivity index (χ0v) is 14.0. The molecule has 0 saturated carbocycles. The zero-order chi connectivity index (χ0) is 18.3. The average Bonchev–Trinajstić information content (AvgIpc) is 3.13. The van der Waals surface area contributed by atoms with Crippen LogP contribution in [0.25, 0.3) is 16.7 Å². The van der Waals surface area contributed by atoms with Gasteiger partial charge in [-0.25, -0.2) is 0 Å². The summed E-state index contributed by atoms with van der Waals surface area (Å²) >= 11 is 0. The molecule has 132 valence electrons. The second kappa shape index (κ2) is 6.05. The van der Waals surface area contributed by atoms with E-state index in [1.165, 1.54) is 6.20 Å². The van der Waals surface area contributed by atoms with Gasteiger partial charge in [-0.05, 0) is 28.8 Å². The molecule has 3 aromatic rings. The van der Waals surface area contributed by atoms with Gasteiger partial charge in [-0.3, -0.25) is 5.10 Å². The number of hydrogen-bond acceptors (Lipinski definition) is 2. The third-order valence-electron chi connectivity index (χ3n) is 4.59. The van der Waals surface area contributed by atoms with Gasteiger partial charge in [0.05, 0.1) is 6.20 Å². The Morgan fingerprint density at radius 1 is 1.00 bits per heavy atom. The Bertz CT molecular complexity index is 971. The lowest BCUT2D eigenvalue weighted by molar-refractivity contribution is -0.140. The molecule has 0 unspecified atom stereocenters. The topological polar surface area (TPSA) is 31.9 Å². The van der Waals surface area contributed by atoms with Crippen molar-refractivity contribution in [3.63, 3.8) is 0 Å². The molecule has 2 aromatic carbocycles. The predicted octanol–water partition coefficient (Wildman–Crippen LogP) is 4.98. The fourth-order valence-corrected chi connectivity index (χ4v) is 3.30. The number of likely N-dealkylation sites (N-methyl/N-ethyl adjacent to an activating group) is 1. The number of fused-ring (bicyclic) bond motifs is 1. The van der Waals surface area contributed by atoms with Gasteiger partial charge in [0.2, 0.25) is 0 Å². The van der Waals surface area contributed by atoms with Crippen LogP contribution in [0.2, 0.25) is 0 Å². The van der Waals surface area contributed by atoms with Gasteiger partial charge in [0.25, 0.3) is 0 Å². The van der Waals surface area contributed by atoms with Crippen LogP contribution in [-0.2, 0) is 6.18 Å². The molecular weight excluding hydrogens is 339 g/mol. The highest BCUT2D eigenvalue weighted by Gasteiger charge is 2.36. The Kier molecular flexibility index (Phi) is 3.83. The third kappa shape index (κ3) is 2.77. The molecule has 1 aliphatic heterocycles. The van der Waals surface area contributed by atoms with Crippen molar-refractivity contribution in [2.24, 2.45) is 0 Å². The third-order valence-corrected chi connectivity index (χ3v) is 4.59. The Morgan fingerprint density at radius 2 is 1.77 bits per heavy atom. The van der Waals surface area contributed by atoms with Crippen LogP contribution in [0.5, 0.6) is 0 Å². The van der Waals surface area contributed by atoms with Gasteiger partial charge < -0.3 is 4.90 Å². The van der Waals surface area contributed by atoms with E-state index in [2.05, 4.69) is 21.2 Å². The summed E-state index contributed by atoms with van der Waals surface area (Å²) < 4.78 is 39.7. The van der Waals surface area contributed by atoms with Gasteiger partial charge in [0, 0.05) is 30.4 Å². The molecule has 0 amide bonds. The van der Waals surface area contributed by atoms with Crippen molar-refractivity contribution in [2.45, 2.75) is 6.18 Å². The lowest BCUT2D eigenvalue weighted by Crippen LogP contribution is -2.22. The molecule has 6 heteroatoms. The summed E-state index contributed by atoms with van der Waals surface area (Å²) in [4.78, 5) is 2.07. The molecule has 4 rings (SSSR count). The number of halogens is 3. The van der Waals surface area contributed by atoms with E-state index in [9.17, 15) is 13.2 Å². The number of aromatic amines is 1. The summed E-state index contributed by atoms with van der Waals surface area (Å²) in [6, 6.07) is 15.3. The summed E-state index contributed by atoms with van der Waals surface area (Å²) in [5, 5.41) is 5.68. The van der Waals surface area contributed by atoms with Crippen LogP contribution in [0, 0.1) is 0 Å². The maximum absolute atomic E-state index is 13.2. The first-order chi connectivity index (χ1) is 12.4. The molecule has 0 spiro atoms. The van der Waals surface area contributed by atoms with Crippen molar-refractivity contribution in [1.29, 1.82) is 0 Å². The minimum absolute atomic E-state index is 0.0564. The van der Waals surface area contributed by atoms with E-state index in [1.54, 1.807) is 6.07 Å². The number of benzene rings is 2. The maximum atomic E-state index is 13.2. The molecule has 0 saturated heterocycles. The van der Waals surface area contributed by atoms with Gasteiger partial charge in [0.15, 0.2) is 0 Å². The maximum Gasteiger partial charge on any atom is 0.433 e. The molecular formula is C20H16F3N3. The molecule has 1 N–H and O–H groups in total. The van der Waals surface area contributed by atoms with Gasteiger partial charge in [0.1, 0.15) is 5.69 Å². The van der Waals surface area contributed by atoms with E-state index >= 15 is 0 Å². The van der Waals surface area contributed by atoms with Crippen LogP contribution in [0.15, 0.2) is 60.8 Å². The van der Waals surface area contributed by atoms with Crippen molar-refractivity contribution >= 4 is 11.3 Å². The van der Waals surface area contributed by atoms with Gasteiger partial charge >= 0.3 is 6.18 Å². The minimum atomic E-state index is -4.48. The Labute approximate surface area is 148 Å². The van der Waals surface area contributed by atoms with Crippen LogP contribution >= 0.6 is 0 Å². The molecule has 0 bridgehead atoms. The number of aromatic nitrogens is 2. The van der Waals surface area contributed by atoms with Crippen LogP contribution < -0.4 is 4.90 Å². The second-order valence-corrected chi connectivity index (χ2v) is 6.25. The molecule has 0 aliphatic carbocycles. The molecule has 26 heavy (non-hydrogen) atoms. The van der Waals surface area contributed by atoms with E-state index in [1.807, 2.05) is 49.5 Å². The highest BCUT2D eigenvalue weighted by Crippen LogP contribution is 2.40. The van der Waals surface area contributed by atoms with Gasteiger partial charge in [-0.1, -0.05) is 42.5 Å². The van der Waals surface area contributed by atoms with Crippen molar-refractivity contribution in [2.75, 3.05) is 18.5 Å². The van der Waals surface area contributed by atoms with Crippen molar-refractivity contribution < 1.29 is 13.2 Å². The monoisotopic (exact) mass is 355 g/mol. The largest absolute Gasteiger partial charge is 0.433 e. The normalized spacial score (nSPS) is 14.2. The Balaban J connectivity index is 1.86. The fraction of sp³-hybridized carbons (Fsp3) is 0.150. The van der Waals surface area contributed by atoms with Crippen LogP contribution in [0.1, 0.15) is 16.8 Å². The van der Waals surface area contributed by atoms with Gasteiger partial charge in [-0.2, -0.15) is 18.3 Å². The zero-order valence-electron chi connectivity index (χ0n) is 14.0. The first kappa shape index (κ1) is 16.4. The fourth-order valence-electron chi connectivity index (χ4n) is 3.30. The molecule has 0 atom stereocenters. The lowest BCUT2D eigenvalue weighted by Gasteiger charge is -2.28. The second-order valence-electron chi connectivity index (χ2n) is 6.25. The lowest BCUT2D eigenvalue weighted by atomic mass is 9.90. The number of nitrogens with zero attached hydrogens (tertiary/aromatic N) is 2. The van der Waals surface area contributed by atoms with Crippen LogP contribution in [0.3, 0.4) is 0 Å². The predicted molar refractivity (Wildman–Crippen MR) is 95.8 cm³/mol. The Hall–Kier alpha value is -3.02. The van der Waals surface area contributed by atoms with Crippen LogP contribution in [0.4, 0.5) is 18.9 Å². The SMILES string of the molecule is CN1CC=C(c2ccccc2)c2cc(-c3cn[nH]c3C(F)(F)F)ccc21. The number of alkyl halides is 3. The van der Waals surface area contributed by atoms with Crippen molar-refractivity contribution in [3.8, 4) is 11.1 Å². The first-order valence-corrected chi connectivity index (χ1v) is 8.17. The summed E-state index contributed by atoms with van der Waals surface area (Å²) in [5.74, 6) is 0. The van der Waals surface area contributed by atoms with Gasteiger partial charge in [-0.15, -0.1) is 0 Å². The van der Waals surface area contributed by atoms with E-state index in [0.717, 1.165) is 28.9 Å². The number of rotatable bonds is 2. The first-order valence-electron chi connectivity index (χ1n) is 8.17. The van der Waals surface area contributed by atoms with E-state index in [4.69, 9.17) is 0 Å². The Morgan fingerprint density at radius 3 is 2.50 bits per heavy atom. The van der Waals surface area contributed by atoms with Crippen LogP contribution in [-0.4, -0.2) is 23.8 Å². The molecule has 3 nitrogen and oxygen atoms in total. The minimum Gasteiger partial charge on any atom is -0.370 e. The highest BCUT2D eigenvalue weighted by atomic mass is 19.4. The van der Waals surface area contributed by atoms with Crippen molar-refractivity contribution in [3.05, 3.63) is 77.6 Å². The highest BCUT2D eigenvalue weighted by molar-refractivity contribution is 5.91. The molecule has 2 heterocycles. The van der Waals surface area contributed by atoms with Crippen molar-refractivity contribution in [1.82, 2.24) is 10.2 Å². The number of anilines is 1. The summed E-state index contributed by atoms with van der Waals surface area (Å²) in [6.45, 7) is 0.746. The number of hydrogen-bond donors (Lipinski definition) is 1.